The average molecular weight is 285 g/mol. The first kappa shape index (κ1) is 15.6. The molecule has 0 aliphatic heterocycles. The summed E-state index contributed by atoms with van der Waals surface area (Å²) in [6.45, 7) is 4.15. The predicted octanol–water partition coefficient (Wildman–Crippen LogP) is 2.79. The lowest BCUT2D eigenvalue weighted by Gasteiger charge is -2.42. The number of hydrogen-bond acceptors (Lipinski definition) is 2. The van der Waals surface area contributed by atoms with E-state index in [-0.39, 0.29) is 18.1 Å². The van der Waals surface area contributed by atoms with Gasteiger partial charge in [0.05, 0.1) is 12.2 Å². The third kappa shape index (κ3) is 3.65. The number of amides is 1. The zero-order chi connectivity index (χ0) is 15.3. The Balaban J connectivity index is 2.22. The van der Waals surface area contributed by atoms with Crippen LogP contribution in [0.15, 0.2) is 18.2 Å². The van der Waals surface area contributed by atoms with Crippen molar-refractivity contribution in [3.8, 4) is 11.8 Å². The number of nitrogens with one attached hydrogen (secondary N) is 1. The Labute approximate surface area is 126 Å². The molecule has 0 heterocycles. The Morgan fingerprint density at radius 1 is 1.43 bits per heavy atom. The Morgan fingerprint density at radius 3 is 2.76 bits per heavy atom. The fraction of sp³-hybridized carbons (Fsp3) is 0.500. The van der Waals surface area contributed by atoms with Crippen molar-refractivity contribution in [2.45, 2.75) is 51.5 Å². The van der Waals surface area contributed by atoms with Crippen molar-refractivity contribution in [1.82, 2.24) is 5.32 Å². The highest BCUT2D eigenvalue weighted by Gasteiger charge is 2.36. The van der Waals surface area contributed by atoms with Crippen molar-refractivity contribution >= 4 is 5.91 Å². The summed E-state index contributed by atoms with van der Waals surface area (Å²) in [6, 6.07) is 5.71. The van der Waals surface area contributed by atoms with Crippen molar-refractivity contribution in [3.63, 3.8) is 0 Å². The molecule has 0 spiro atoms. The molecule has 3 heteroatoms. The second kappa shape index (κ2) is 6.78. The molecule has 21 heavy (non-hydrogen) atoms. The standard InChI is InChI=1S/C18H23NO2/c1-3-18(10-6-11-18)19-17(21)16-9-8-14(2)13-15(16)7-4-5-12-20/h8-9,13,20H,3,5-6,10-12H2,1-2H3,(H,19,21). The molecular formula is C18H23NO2. The van der Waals surface area contributed by atoms with E-state index in [9.17, 15) is 4.79 Å². The molecule has 1 saturated carbocycles. The molecule has 2 rings (SSSR count). The van der Waals surface area contributed by atoms with E-state index in [2.05, 4.69) is 24.1 Å². The molecule has 0 aromatic heterocycles. The molecule has 0 unspecified atom stereocenters. The van der Waals surface area contributed by atoms with Crippen LogP contribution in [-0.4, -0.2) is 23.2 Å². The maximum Gasteiger partial charge on any atom is 0.252 e. The van der Waals surface area contributed by atoms with E-state index in [4.69, 9.17) is 5.11 Å². The monoisotopic (exact) mass is 285 g/mol. The summed E-state index contributed by atoms with van der Waals surface area (Å²) in [4.78, 5) is 12.5. The number of aryl methyl sites for hydroxylation is 1. The summed E-state index contributed by atoms with van der Waals surface area (Å²) < 4.78 is 0. The summed E-state index contributed by atoms with van der Waals surface area (Å²) >= 11 is 0. The van der Waals surface area contributed by atoms with Gasteiger partial charge in [0.15, 0.2) is 0 Å². The predicted molar refractivity (Wildman–Crippen MR) is 84.1 cm³/mol. The zero-order valence-corrected chi connectivity index (χ0v) is 12.8. The molecular weight excluding hydrogens is 262 g/mol. The van der Waals surface area contributed by atoms with Crippen LogP contribution < -0.4 is 5.32 Å². The van der Waals surface area contributed by atoms with Gasteiger partial charge >= 0.3 is 0 Å². The Bertz CT molecular complexity index is 571. The van der Waals surface area contributed by atoms with Crippen LogP contribution in [0.5, 0.6) is 0 Å². The highest BCUT2D eigenvalue weighted by molar-refractivity contribution is 5.97. The van der Waals surface area contributed by atoms with Gasteiger partial charge in [-0.15, -0.1) is 0 Å². The molecule has 1 aromatic rings. The third-order valence-corrected chi connectivity index (χ3v) is 4.25. The van der Waals surface area contributed by atoms with Gasteiger partial charge in [-0.25, -0.2) is 0 Å². The van der Waals surface area contributed by atoms with E-state index < -0.39 is 0 Å². The first-order chi connectivity index (χ1) is 10.1. The van der Waals surface area contributed by atoms with Crippen LogP contribution in [0.3, 0.4) is 0 Å². The van der Waals surface area contributed by atoms with Crippen LogP contribution in [0.25, 0.3) is 0 Å². The maximum atomic E-state index is 12.5. The van der Waals surface area contributed by atoms with Crippen LogP contribution in [0.1, 0.15) is 60.5 Å². The Morgan fingerprint density at radius 2 is 2.19 bits per heavy atom. The molecule has 1 aliphatic rings. The van der Waals surface area contributed by atoms with E-state index in [0.29, 0.717) is 12.0 Å². The third-order valence-electron chi connectivity index (χ3n) is 4.25. The van der Waals surface area contributed by atoms with E-state index in [1.165, 1.54) is 6.42 Å². The number of carbonyl (C=O) groups is 1. The summed E-state index contributed by atoms with van der Waals surface area (Å²) in [5.41, 5.74) is 2.43. The summed E-state index contributed by atoms with van der Waals surface area (Å²) in [5, 5.41) is 12.0. The quantitative estimate of drug-likeness (QED) is 0.836. The number of rotatable bonds is 4. The summed E-state index contributed by atoms with van der Waals surface area (Å²) in [7, 11) is 0. The molecule has 1 aromatic carbocycles. The highest BCUT2D eigenvalue weighted by atomic mass is 16.2. The largest absolute Gasteiger partial charge is 0.395 e. The van der Waals surface area contributed by atoms with Gasteiger partial charge in [-0.3, -0.25) is 4.79 Å². The lowest BCUT2D eigenvalue weighted by atomic mass is 9.74. The molecule has 3 nitrogen and oxygen atoms in total. The summed E-state index contributed by atoms with van der Waals surface area (Å²) in [5.74, 6) is 5.87. The molecule has 0 atom stereocenters. The van der Waals surface area contributed by atoms with Crippen LogP contribution in [0.4, 0.5) is 0 Å². The van der Waals surface area contributed by atoms with Crippen LogP contribution in [-0.2, 0) is 0 Å². The van der Waals surface area contributed by atoms with Crippen LogP contribution in [0.2, 0.25) is 0 Å². The number of benzene rings is 1. The van der Waals surface area contributed by atoms with Gasteiger partial charge in [-0.1, -0.05) is 24.8 Å². The van der Waals surface area contributed by atoms with Gasteiger partial charge in [0.25, 0.3) is 5.91 Å². The Kier molecular flexibility index (Phi) is 5.03. The molecule has 112 valence electrons. The normalized spacial score (nSPS) is 15.6. The lowest BCUT2D eigenvalue weighted by molar-refractivity contribution is 0.0820. The van der Waals surface area contributed by atoms with Gasteiger partial charge in [-0.2, -0.15) is 0 Å². The minimum Gasteiger partial charge on any atom is -0.395 e. The SMILES string of the molecule is CCC1(NC(=O)c2ccc(C)cc2C#CCCO)CCC1. The van der Waals surface area contributed by atoms with Crippen molar-refractivity contribution in [2.24, 2.45) is 0 Å². The maximum absolute atomic E-state index is 12.5. The van der Waals surface area contributed by atoms with Crippen LogP contribution >= 0.6 is 0 Å². The van der Waals surface area contributed by atoms with E-state index in [1.807, 2.05) is 25.1 Å². The molecule has 1 amide bonds. The second-order valence-electron chi connectivity index (χ2n) is 5.77. The van der Waals surface area contributed by atoms with Crippen molar-refractivity contribution < 1.29 is 9.90 Å². The van der Waals surface area contributed by atoms with Crippen molar-refractivity contribution in [2.75, 3.05) is 6.61 Å². The molecule has 2 N–H and O–H groups in total. The van der Waals surface area contributed by atoms with Gasteiger partial charge in [0, 0.05) is 17.5 Å². The van der Waals surface area contributed by atoms with E-state index in [0.717, 1.165) is 30.4 Å². The number of aliphatic hydroxyl groups is 1. The number of aliphatic hydroxyl groups excluding tert-OH is 1. The number of hydrogen-bond donors (Lipinski definition) is 2. The molecule has 1 aliphatic carbocycles. The minimum absolute atomic E-state index is 0.0161. The fourth-order valence-electron chi connectivity index (χ4n) is 2.65. The fourth-order valence-corrected chi connectivity index (χ4v) is 2.65. The van der Waals surface area contributed by atoms with E-state index in [1.54, 1.807) is 0 Å². The first-order valence-corrected chi connectivity index (χ1v) is 7.63. The minimum atomic E-state index is -0.0372. The lowest BCUT2D eigenvalue weighted by Crippen LogP contribution is -2.53. The smallest absolute Gasteiger partial charge is 0.252 e. The van der Waals surface area contributed by atoms with E-state index >= 15 is 0 Å². The molecule has 0 bridgehead atoms. The van der Waals surface area contributed by atoms with Crippen LogP contribution in [0, 0.1) is 18.8 Å². The molecule has 0 saturated heterocycles. The van der Waals surface area contributed by atoms with Gasteiger partial charge in [-0.05, 0) is 50.3 Å². The average Bonchev–Trinajstić information content (AvgIpc) is 2.43. The summed E-state index contributed by atoms with van der Waals surface area (Å²) in [6.07, 6.45) is 4.70. The Hall–Kier alpha value is -1.79. The van der Waals surface area contributed by atoms with Gasteiger partial charge < -0.3 is 10.4 Å². The van der Waals surface area contributed by atoms with Crippen molar-refractivity contribution in [3.05, 3.63) is 34.9 Å². The van der Waals surface area contributed by atoms with Crippen molar-refractivity contribution in [1.29, 1.82) is 0 Å². The number of carbonyl (C=O) groups excluding carboxylic acids is 1. The van der Waals surface area contributed by atoms with Gasteiger partial charge in [0.2, 0.25) is 0 Å². The first-order valence-electron chi connectivity index (χ1n) is 7.63. The molecule has 1 fully saturated rings. The highest BCUT2D eigenvalue weighted by Crippen LogP contribution is 2.35. The molecule has 0 radical (unpaired) electrons. The zero-order valence-electron chi connectivity index (χ0n) is 12.8. The topological polar surface area (TPSA) is 49.3 Å². The van der Waals surface area contributed by atoms with Gasteiger partial charge in [0.1, 0.15) is 0 Å². The second-order valence-corrected chi connectivity index (χ2v) is 5.77.